The van der Waals surface area contributed by atoms with Crippen LogP contribution in [0.2, 0.25) is 0 Å². The molecule has 0 atom stereocenters. The Labute approximate surface area is 130 Å². The van der Waals surface area contributed by atoms with Crippen molar-refractivity contribution in [2.24, 2.45) is 0 Å². The molecule has 1 N–H and O–H groups in total. The predicted octanol–water partition coefficient (Wildman–Crippen LogP) is 3.44. The lowest BCUT2D eigenvalue weighted by atomic mass is 10.3. The molecule has 0 aromatic carbocycles. The van der Waals surface area contributed by atoms with E-state index in [0.29, 0.717) is 6.04 Å². The molecule has 1 saturated carbocycles. The molecular formula is C16H22N4S. The lowest BCUT2D eigenvalue weighted by Crippen LogP contribution is -2.26. The van der Waals surface area contributed by atoms with E-state index in [4.69, 9.17) is 0 Å². The second kappa shape index (κ2) is 6.54. The van der Waals surface area contributed by atoms with Crippen molar-refractivity contribution in [3.05, 3.63) is 40.0 Å². The number of nitrogens with one attached hydrogen (secondary N) is 1. The van der Waals surface area contributed by atoms with Crippen molar-refractivity contribution in [3.63, 3.8) is 0 Å². The van der Waals surface area contributed by atoms with Gasteiger partial charge in [0.25, 0.3) is 0 Å². The zero-order chi connectivity index (χ0) is 14.7. The van der Waals surface area contributed by atoms with Crippen molar-refractivity contribution in [2.45, 2.75) is 45.8 Å². The van der Waals surface area contributed by atoms with Crippen LogP contribution in [0.1, 0.15) is 36.8 Å². The number of aromatic nitrogens is 2. The molecule has 1 fully saturated rings. The third-order valence-electron chi connectivity index (χ3n) is 3.63. The smallest absolute Gasteiger partial charge is 0.144 e. The standard InChI is InChI=1S/C16H22N4S/c1-3-17-15-8-12(2)18-16(19-15)10-20(14-4-5-14)9-13-6-7-21-11-13/h6-8,11,14H,3-5,9-10H2,1-2H3,(H,17,18,19). The molecule has 21 heavy (non-hydrogen) atoms. The minimum atomic E-state index is 0.705. The number of hydrogen-bond acceptors (Lipinski definition) is 5. The van der Waals surface area contributed by atoms with Crippen molar-refractivity contribution in [3.8, 4) is 0 Å². The van der Waals surface area contributed by atoms with Gasteiger partial charge in [-0.25, -0.2) is 9.97 Å². The van der Waals surface area contributed by atoms with Crippen LogP contribution in [0.5, 0.6) is 0 Å². The molecule has 0 spiro atoms. The molecule has 0 saturated heterocycles. The SMILES string of the molecule is CCNc1cc(C)nc(CN(Cc2ccsc2)C2CC2)n1. The van der Waals surface area contributed by atoms with Gasteiger partial charge < -0.3 is 5.32 Å². The highest BCUT2D eigenvalue weighted by atomic mass is 32.1. The summed E-state index contributed by atoms with van der Waals surface area (Å²) in [5.74, 6) is 1.86. The molecule has 3 rings (SSSR count). The van der Waals surface area contributed by atoms with Gasteiger partial charge in [-0.3, -0.25) is 4.90 Å². The highest BCUT2D eigenvalue weighted by molar-refractivity contribution is 7.07. The monoisotopic (exact) mass is 302 g/mol. The Morgan fingerprint density at radius 3 is 2.86 bits per heavy atom. The van der Waals surface area contributed by atoms with Crippen LogP contribution in [0.3, 0.4) is 0 Å². The van der Waals surface area contributed by atoms with E-state index in [1.807, 2.05) is 13.0 Å². The van der Waals surface area contributed by atoms with Crippen LogP contribution in [-0.2, 0) is 13.1 Å². The van der Waals surface area contributed by atoms with Crippen molar-refractivity contribution in [1.82, 2.24) is 14.9 Å². The molecule has 2 aromatic rings. The Balaban J connectivity index is 1.73. The zero-order valence-corrected chi connectivity index (χ0v) is 13.5. The van der Waals surface area contributed by atoms with E-state index in [2.05, 4.69) is 43.9 Å². The molecule has 2 aromatic heterocycles. The maximum absolute atomic E-state index is 4.64. The van der Waals surface area contributed by atoms with Crippen LogP contribution in [0.4, 0.5) is 5.82 Å². The molecule has 5 heteroatoms. The van der Waals surface area contributed by atoms with Gasteiger partial charge in [0, 0.05) is 30.9 Å². The van der Waals surface area contributed by atoms with Crippen LogP contribution in [0, 0.1) is 6.92 Å². The number of rotatable bonds is 7. The molecular weight excluding hydrogens is 280 g/mol. The molecule has 112 valence electrons. The number of thiophene rings is 1. The fourth-order valence-corrected chi connectivity index (χ4v) is 3.18. The molecule has 0 bridgehead atoms. The Hall–Kier alpha value is -1.46. The highest BCUT2D eigenvalue weighted by Crippen LogP contribution is 2.29. The fraction of sp³-hybridized carbons (Fsp3) is 0.500. The summed E-state index contributed by atoms with van der Waals surface area (Å²) in [7, 11) is 0. The van der Waals surface area contributed by atoms with E-state index in [9.17, 15) is 0 Å². The minimum Gasteiger partial charge on any atom is -0.370 e. The summed E-state index contributed by atoms with van der Waals surface area (Å²) in [5.41, 5.74) is 2.42. The Morgan fingerprint density at radius 1 is 1.33 bits per heavy atom. The summed E-state index contributed by atoms with van der Waals surface area (Å²) in [6.45, 7) is 6.84. The molecule has 0 unspecified atom stereocenters. The first-order chi connectivity index (χ1) is 10.2. The fourth-order valence-electron chi connectivity index (χ4n) is 2.52. The van der Waals surface area contributed by atoms with Gasteiger partial charge in [-0.15, -0.1) is 0 Å². The van der Waals surface area contributed by atoms with E-state index < -0.39 is 0 Å². The number of anilines is 1. The van der Waals surface area contributed by atoms with Crippen LogP contribution in [-0.4, -0.2) is 27.5 Å². The van der Waals surface area contributed by atoms with Crippen molar-refractivity contribution in [2.75, 3.05) is 11.9 Å². The Bertz CT molecular complexity index is 578. The third kappa shape index (κ3) is 4.02. The van der Waals surface area contributed by atoms with Gasteiger partial charge in [0.15, 0.2) is 0 Å². The quantitative estimate of drug-likeness (QED) is 0.850. The highest BCUT2D eigenvalue weighted by Gasteiger charge is 2.29. The van der Waals surface area contributed by atoms with Gasteiger partial charge in [-0.05, 0) is 49.1 Å². The van der Waals surface area contributed by atoms with E-state index >= 15 is 0 Å². The summed E-state index contributed by atoms with van der Waals surface area (Å²) in [5, 5.41) is 7.66. The number of hydrogen-bond donors (Lipinski definition) is 1. The number of nitrogens with zero attached hydrogens (tertiary/aromatic N) is 3. The predicted molar refractivity (Wildman–Crippen MR) is 87.5 cm³/mol. The minimum absolute atomic E-state index is 0.705. The molecule has 1 aliphatic rings. The largest absolute Gasteiger partial charge is 0.370 e. The lowest BCUT2D eigenvalue weighted by Gasteiger charge is -2.21. The summed E-state index contributed by atoms with van der Waals surface area (Å²) in [6.07, 6.45) is 2.60. The lowest BCUT2D eigenvalue weighted by molar-refractivity contribution is 0.239. The second-order valence-electron chi connectivity index (χ2n) is 5.61. The molecule has 0 aliphatic heterocycles. The van der Waals surface area contributed by atoms with Gasteiger partial charge in [-0.2, -0.15) is 11.3 Å². The molecule has 1 aliphatic carbocycles. The first-order valence-corrected chi connectivity index (χ1v) is 8.52. The van der Waals surface area contributed by atoms with Gasteiger partial charge in [0.1, 0.15) is 11.6 Å². The van der Waals surface area contributed by atoms with Crippen molar-refractivity contribution >= 4 is 17.2 Å². The maximum atomic E-state index is 4.64. The average molecular weight is 302 g/mol. The van der Waals surface area contributed by atoms with Gasteiger partial charge >= 0.3 is 0 Å². The van der Waals surface area contributed by atoms with Crippen molar-refractivity contribution in [1.29, 1.82) is 0 Å². The van der Waals surface area contributed by atoms with Gasteiger partial charge in [-0.1, -0.05) is 0 Å². The normalized spacial score (nSPS) is 14.6. The van der Waals surface area contributed by atoms with Crippen LogP contribution in [0.25, 0.3) is 0 Å². The zero-order valence-electron chi connectivity index (χ0n) is 12.7. The van der Waals surface area contributed by atoms with Crippen LogP contribution in [0.15, 0.2) is 22.9 Å². The van der Waals surface area contributed by atoms with Crippen LogP contribution >= 0.6 is 11.3 Å². The molecule has 0 radical (unpaired) electrons. The maximum Gasteiger partial charge on any atom is 0.144 e. The summed E-state index contributed by atoms with van der Waals surface area (Å²) >= 11 is 1.76. The third-order valence-corrected chi connectivity index (χ3v) is 4.36. The summed E-state index contributed by atoms with van der Waals surface area (Å²) < 4.78 is 0. The summed E-state index contributed by atoms with van der Waals surface area (Å²) in [4.78, 5) is 11.8. The Morgan fingerprint density at radius 2 is 2.19 bits per heavy atom. The number of aryl methyl sites for hydroxylation is 1. The van der Waals surface area contributed by atoms with Gasteiger partial charge in [0.2, 0.25) is 0 Å². The van der Waals surface area contributed by atoms with E-state index in [-0.39, 0.29) is 0 Å². The van der Waals surface area contributed by atoms with E-state index in [0.717, 1.165) is 37.0 Å². The first-order valence-electron chi connectivity index (χ1n) is 7.58. The average Bonchev–Trinajstić information content (AvgIpc) is 3.16. The first kappa shape index (κ1) is 14.5. The van der Waals surface area contributed by atoms with Crippen LogP contribution < -0.4 is 5.32 Å². The molecule has 4 nitrogen and oxygen atoms in total. The second-order valence-corrected chi connectivity index (χ2v) is 6.39. The van der Waals surface area contributed by atoms with Crippen molar-refractivity contribution < 1.29 is 0 Å². The van der Waals surface area contributed by atoms with Gasteiger partial charge in [0.05, 0.1) is 6.54 Å². The van der Waals surface area contributed by atoms with E-state index in [1.54, 1.807) is 11.3 Å². The Kier molecular flexibility index (Phi) is 4.51. The topological polar surface area (TPSA) is 41.1 Å². The van der Waals surface area contributed by atoms with E-state index in [1.165, 1.54) is 18.4 Å². The summed E-state index contributed by atoms with van der Waals surface area (Å²) in [6, 6.07) is 4.92. The molecule has 0 amide bonds. The molecule has 2 heterocycles.